The van der Waals surface area contributed by atoms with Crippen molar-refractivity contribution in [1.29, 1.82) is 0 Å². The van der Waals surface area contributed by atoms with Crippen molar-refractivity contribution in [2.75, 3.05) is 6.61 Å². The van der Waals surface area contributed by atoms with Gasteiger partial charge in [-0.15, -0.1) is 11.3 Å². The van der Waals surface area contributed by atoms with E-state index in [0.29, 0.717) is 45.0 Å². The normalized spacial score (nSPS) is 20.0. The molecule has 0 unspecified atom stereocenters. The number of carbonyl (C=O) groups excluding carboxylic acids is 1. The number of fused-ring (bicyclic) bond motifs is 2. The number of aromatic nitrogens is 1. The van der Waals surface area contributed by atoms with Crippen molar-refractivity contribution in [2.24, 2.45) is 0 Å². The molecule has 2 atom stereocenters. The van der Waals surface area contributed by atoms with Gasteiger partial charge in [0.25, 0.3) is 5.91 Å². The van der Waals surface area contributed by atoms with Gasteiger partial charge in [0.2, 0.25) is 0 Å². The van der Waals surface area contributed by atoms with E-state index in [9.17, 15) is 4.79 Å². The number of ether oxygens (including phenoxy) is 1. The predicted molar refractivity (Wildman–Crippen MR) is 178 cm³/mol. The molecule has 2 aliphatic heterocycles. The van der Waals surface area contributed by atoms with Crippen molar-refractivity contribution in [1.82, 2.24) is 15.2 Å². The zero-order chi connectivity index (χ0) is 30.2. The van der Waals surface area contributed by atoms with Crippen LogP contribution in [0.2, 0.25) is 20.1 Å². The quantitative estimate of drug-likeness (QED) is 0.217. The van der Waals surface area contributed by atoms with Gasteiger partial charge in [-0.2, -0.15) is 0 Å². The number of hydrogen-bond donors (Lipinski definition) is 1. The molecule has 1 aromatic heterocycles. The van der Waals surface area contributed by atoms with Crippen molar-refractivity contribution >= 4 is 69.2 Å². The lowest BCUT2D eigenvalue weighted by atomic mass is 9.81. The second-order valence-electron chi connectivity index (χ2n) is 11.8. The van der Waals surface area contributed by atoms with Crippen LogP contribution in [0.4, 0.5) is 0 Å². The SMILES string of the molecule is Cc1cc(Cl)c(OCCCc2ncc(C3=C(C(=O)N(Cc4cccc(Cl)c4Cl)C4CC4)[C@H]4CCC[C@@H](C3)N4)s2)c(Cl)c1C. The molecule has 228 valence electrons. The molecule has 1 saturated carbocycles. The third kappa shape index (κ3) is 6.75. The number of thiazole rings is 1. The molecule has 10 heteroatoms. The number of benzene rings is 2. The average molecular weight is 680 g/mol. The van der Waals surface area contributed by atoms with Gasteiger partial charge in [-0.3, -0.25) is 4.79 Å². The first-order valence-electron chi connectivity index (χ1n) is 15.0. The van der Waals surface area contributed by atoms with Gasteiger partial charge in [-0.05, 0) is 93.2 Å². The van der Waals surface area contributed by atoms with Crippen molar-refractivity contribution in [2.45, 2.75) is 89.9 Å². The fourth-order valence-corrected chi connectivity index (χ4v) is 8.23. The number of amides is 1. The van der Waals surface area contributed by atoms with Crippen LogP contribution in [0.3, 0.4) is 0 Å². The Morgan fingerprint density at radius 1 is 1.09 bits per heavy atom. The Hall–Kier alpha value is -1.80. The molecule has 3 aliphatic rings. The van der Waals surface area contributed by atoms with Gasteiger partial charge in [0.15, 0.2) is 5.75 Å². The molecule has 2 bridgehead atoms. The maximum absolute atomic E-state index is 14.4. The molecule has 1 saturated heterocycles. The van der Waals surface area contributed by atoms with Crippen LogP contribution in [0, 0.1) is 13.8 Å². The second-order valence-corrected chi connectivity index (χ2v) is 14.5. The highest BCUT2D eigenvalue weighted by Gasteiger charge is 2.41. The molecule has 0 spiro atoms. The Bertz CT molecular complexity index is 1570. The monoisotopic (exact) mass is 677 g/mol. The van der Waals surface area contributed by atoms with Crippen molar-refractivity contribution < 1.29 is 9.53 Å². The van der Waals surface area contributed by atoms with Gasteiger partial charge in [0.1, 0.15) is 0 Å². The number of halogens is 4. The minimum Gasteiger partial charge on any atom is -0.490 e. The first-order valence-corrected chi connectivity index (χ1v) is 17.3. The first kappa shape index (κ1) is 31.2. The maximum atomic E-state index is 14.4. The van der Waals surface area contributed by atoms with Gasteiger partial charge in [-0.1, -0.05) is 58.5 Å². The highest BCUT2D eigenvalue weighted by atomic mass is 35.5. The van der Waals surface area contributed by atoms with Crippen LogP contribution in [0.5, 0.6) is 5.75 Å². The Morgan fingerprint density at radius 3 is 2.70 bits per heavy atom. The van der Waals surface area contributed by atoms with E-state index in [1.54, 1.807) is 17.4 Å². The lowest BCUT2D eigenvalue weighted by Crippen LogP contribution is -2.51. The van der Waals surface area contributed by atoms with Gasteiger partial charge >= 0.3 is 0 Å². The minimum atomic E-state index is 0.0532. The summed E-state index contributed by atoms with van der Waals surface area (Å²) in [6.45, 7) is 4.90. The Labute approximate surface area is 277 Å². The lowest BCUT2D eigenvalue weighted by Gasteiger charge is -2.40. The van der Waals surface area contributed by atoms with Crippen LogP contribution in [-0.2, 0) is 17.8 Å². The number of rotatable bonds is 10. The number of nitrogens with zero attached hydrogens (tertiary/aromatic N) is 2. The molecule has 1 N–H and O–H groups in total. The summed E-state index contributed by atoms with van der Waals surface area (Å²) in [4.78, 5) is 22.3. The van der Waals surface area contributed by atoms with E-state index in [2.05, 4.69) is 5.32 Å². The van der Waals surface area contributed by atoms with Crippen molar-refractivity contribution in [3.63, 3.8) is 0 Å². The standard InChI is InChI=1S/C33H35Cl4N3O2S/c1-18-14-25(35)32(30(36)19(18)2)42-13-5-10-28-38-16-27(43-28)23-15-21-7-4-9-26(39-21)29(23)33(41)40(22-11-12-22)17-20-6-3-8-24(34)31(20)37/h3,6,8,14,16,21-22,26,39H,4-5,7,9-13,15,17H2,1-2H3/t21-,26+/m0/s1. The average Bonchev–Trinajstić information content (AvgIpc) is 3.72. The molecule has 2 aromatic carbocycles. The summed E-state index contributed by atoms with van der Waals surface area (Å²) >= 11 is 27.5. The highest BCUT2D eigenvalue weighted by Crippen LogP contribution is 2.42. The molecule has 3 aromatic rings. The van der Waals surface area contributed by atoms with Crippen LogP contribution in [0.25, 0.3) is 5.57 Å². The molecule has 43 heavy (non-hydrogen) atoms. The van der Waals surface area contributed by atoms with E-state index in [4.69, 9.17) is 56.1 Å². The molecule has 1 amide bonds. The van der Waals surface area contributed by atoms with Crippen LogP contribution in [-0.4, -0.2) is 40.5 Å². The van der Waals surface area contributed by atoms with E-state index in [1.807, 2.05) is 43.1 Å². The van der Waals surface area contributed by atoms with Crippen LogP contribution >= 0.6 is 57.7 Å². The predicted octanol–water partition coefficient (Wildman–Crippen LogP) is 9.24. The number of piperidine rings is 1. The summed E-state index contributed by atoms with van der Waals surface area (Å²) in [5.41, 5.74) is 4.95. The molecule has 1 aliphatic carbocycles. The van der Waals surface area contributed by atoms with Crippen molar-refractivity contribution in [3.8, 4) is 5.75 Å². The smallest absolute Gasteiger partial charge is 0.252 e. The molecule has 2 fully saturated rings. The van der Waals surface area contributed by atoms with Gasteiger partial charge < -0.3 is 15.0 Å². The van der Waals surface area contributed by atoms with E-state index < -0.39 is 0 Å². The third-order valence-corrected chi connectivity index (χ3v) is 11.5. The zero-order valence-electron chi connectivity index (χ0n) is 24.3. The fraction of sp³-hybridized carbons (Fsp3) is 0.455. The van der Waals surface area contributed by atoms with E-state index in [0.717, 1.165) is 89.1 Å². The molecule has 3 heterocycles. The lowest BCUT2D eigenvalue weighted by molar-refractivity contribution is -0.128. The van der Waals surface area contributed by atoms with Crippen LogP contribution < -0.4 is 10.1 Å². The molecular weight excluding hydrogens is 644 g/mol. The minimum absolute atomic E-state index is 0.0532. The number of aryl methyl sites for hydroxylation is 2. The number of carbonyl (C=O) groups is 1. The van der Waals surface area contributed by atoms with Crippen LogP contribution in [0.1, 0.15) is 71.5 Å². The molecule has 6 rings (SSSR count). The Morgan fingerprint density at radius 2 is 1.91 bits per heavy atom. The topological polar surface area (TPSA) is 54.5 Å². The van der Waals surface area contributed by atoms with Crippen LogP contribution in [0.15, 0.2) is 36.0 Å². The summed E-state index contributed by atoms with van der Waals surface area (Å²) in [6.07, 6.45) is 9.58. The zero-order valence-corrected chi connectivity index (χ0v) is 28.2. The summed E-state index contributed by atoms with van der Waals surface area (Å²) in [5.74, 6) is 0.650. The first-order chi connectivity index (χ1) is 20.7. The highest BCUT2D eigenvalue weighted by molar-refractivity contribution is 7.12. The molecule has 5 nitrogen and oxygen atoms in total. The maximum Gasteiger partial charge on any atom is 0.252 e. The summed E-state index contributed by atoms with van der Waals surface area (Å²) < 4.78 is 5.99. The fourth-order valence-electron chi connectivity index (χ4n) is 6.16. The number of nitrogens with one attached hydrogen (secondary N) is 1. The van der Waals surface area contributed by atoms with E-state index in [1.165, 1.54) is 0 Å². The van der Waals surface area contributed by atoms with Gasteiger partial charge in [0, 0.05) is 42.9 Å². The summed E-state index contributed by atoms with van der Waals surface area (Å²) in [5, 5.41) is 6.92. The van der Waals surface area contributed by atoms with E-state index in [-0.39, 0.29) is 18.0 Å². The summed E-state index contributed by atoms with van der Waals surface area (Å²) in [6, 6.07) is 8.20. The Kier molecular flexibility index (Phi) is 9.63. The molecular formula is C33H35Cl4N3O2S. The second kappa shape index (κ2) is 13.3. The molecule has 0 radical (unpaired) electrons. The van der Waals surface area contributed by atoms with Gasteiger partial charge in [0.05, 0.1) is 36.6 Å². The van der Waals surface area contributed by atoms with E-state index >= 15 is 0 Å². The Balaban J connectivity index is 1.21. The van der Waals surface area contributed by atoms with Gasteiger partial charge in [-0.25, -0.2) is 4.98 Å². The largest absolute Gasteiger partial charge is 0.490 e. The third-order valence-electron chi connectivity index (χ3n) is 8.77. The van der Waals surface area contributed by atoms with Crippen molar-refractivity contribution in [3.05, 3.63) is 82.7 Å². The summed E-state index contributed by atoms with van der Waals surface area (Å²) in [7, 11) is 0. The number of hydrogen-bond acceptors (Lipinski definition) is 5.